The zero-order valence-electron chi connectivity index (χ0n) is 11.5. The van der Waals surface area contributed by atoms with Crippen LogP contribution < -0.4 is 4.90 Å². The molecule has 0 aromatic carbocycles. The molecule has 1 aromatic heterocycles. The minimum absolute atomic E-state index is 0.00221. The molecular formula is C13H18N4O3. The van der Waals surface area contributed by atoms with E-state index in [9.17, 15) is 4.79 Å². The van der Waals surface area contributed by atoms with Crippen LogP contribution in [-0.2, 0) is 14.3 Å². The Hall–Kier alpha value is -1.73. The molecule has 108 valence electrons. The monoisotopic (exact) mass is 278 g/mol. The highest BCUT2D eigenvalue weighted by Crippen LogP contribution is 2.24. The molecule has 1 aromatic rings. The Morgan fingerprint density at radius 3 is 2.85 bits per heavy atom. The number of aromatic nitrogens is 2. The van der Waals surface area contributed by atoms with E-state index in [1.807, 2.05) is 0 Å². The van der Waals surface area contributed by atoms with Crippen LogP contribution in [0, 0.1) is 0 Å². The first-order chi connectivity index (χ1) is 9.69. The predicted octanol–water partition coefficient (Wildman–Crippen LogP) is -0.459. The van der Waals surface area contributed by atoms with Gasteiger partial charge in [0.05, 0.1) is 26.3 Å². The van der Waals surface area contributed by atoms with E-state index in [0.717, 1.165) is 0 Å². The second-order valence-corrected chi connectivity index (χ2v) is 5.24. The Balaban J connectivity index is 1.80. The molecule has 0 radical (unpaired) electrons. The maximum Gasteiger partial charge on any atom is 0.248 e. The summed E-state index contributed by atoms with van der Waals surface area (Å²) in [7, 11) is 1.79. The highest BCUT2D eigenvalue weighted by molar-refractivity contribution is 5.78. The van der Waals surface area contributed by atoms with Crippen LogP contribution in [0.1, 0.15) is 0 Å². The third-order valence-electron chi connectivity index (χ3n) is 3.64. The fourth-order valence-corrected chi connectivity index (χ4v) is 2.60. The molecule has 1 atom stereocenters. The van der Waals surface area contributed by atoms with Crippen molar-refractivity contribution in [1.29, 1.82) is 0 Å². The van der Waals surface area contributed by atoms with E-state index in [1.54, 1.807) is 30.4 Å². The average Bonchev–Trinajstić information content (AvgIpc) is 2.68. The van der Waals surface area contributed by atoms with Gasteiger partial charge in [-0.3, -0.25) is 4.79 Å². The van der Waals surface area contributed by atoms with E-state index in [2.05, 4.69) is 14.9 Å². The molecule has 1 amide bonds. The van der Waals surface area contributed by atoms with Gasteiger partial charge in [0.2, 0.25) is 11.9 Å². The third kappa shape index (κ3) is 2.59. The van der Waals surface area contributed by atoms with Gasteiger partial charge >= 0.3 is 0 Å². The number of amides is 1. The smallest absolute Gasteiger partial charge is 0.248 e. The number of anilines is 1. The topological polar surface area (TPSA) is 67.8 Å². The van der Waals surface area contributed by atoms with Crippen LogP contribution in [0.2, 0.25) is 0 Å². The largest absolute Gasteiger partial charge is 0.376 e. The van der Waals surface area contributed by atoms with Crippen molar-refractivity contribution in [2.45, 2.75) is 5.60 Å². The zero-order valence-corrected chi connectivity index (χ0v) is 11.5. The number of hydrogen-bond donors (Lipinski definition) is 0. The van der Waals surface area contributed by atoms with Crippen molar-refractivity contribution in [3.63, 3.8) is 0 Å². The summed E-state index contributed by atoms with van der Waals surface area (Å²) in [5, 5.41) is 0. The van der Waals surface area contributed by atoms with Crippen LogP contribution >= 0.6 is 0 Å². The lowest BCUT2D eigenvalue weighted by Crippen LogP contribution is -2.59. The number of morpholine rings is 1. The fraction of sp³-hybridized carbons (Fsp3) is 0.615. The molecule has 0 unspecified atom stereocenters. The Labute approximate surface area is 117 Å². The first kappa shape index (κ1) is 13.3. The highest BCUT2D eigenvalue weighted by Gasteiger charge is 2.42. The van der Waals surface area contributed by atoms with Gasteiger partial charge in [-0.15, -0.1) is 0 Å². The number of rotatable bonds is 1. The van der Waals surface area contributed by atoms with Crippen molar-refractivity contribution in [3.8, 4) is 0 Å². The van der Waals surface area contributed by atoms with Gasteiger partial charge in [-0.25, -0.2) is 9.97 Å². The van der Waals surface area contributed by atoms with Crippen molar-refractivity contribution in [2.75, 3.05) is 51.4 Å². The molecule has 3 rings (SSSR count). The summed E-state index contributed by atoms with van der Waals surface area (Å²) >= 11 is 0. The van der Waals surface area contributed by atoms with E-state index in [4.69, 9.17) is 9.47 Å². The standard InChI is InChI=1S/C13H18N4O3/c1-16-8-13(20-7-11(16)18)9-17(5-6-19-10-13)12-14-3-2-4-15-12/h2-4H,5-10H2,1H3/t13-/m1/s1. The SMILES string of the molecule is CN1C[C@@]2(COCCN(c3ncccn3)C2)OCC1=O. The van der Waals surface area contributed by atoms with Crippen molar-refractivity contribution in [3.05, 3.63) is 18.5 Å². The fourth-order valence-electron chi connectivity index (χ4n) is 2.60. The second-order valence-electron chi connectivity index (χ2n) is 5.24. The summed E-state index contributed by atoms with van der Waals surface area (Å²) in [5.41, 5.74) is -0.502. The Kier molecular flexibility index (Phi) is 3.54. The number of likely N-dealkylation sites (N-methyl/N-ethyl adjacent to an activating group) is 1. The Morgan fingerprint density at radius 1 is 1.30 bits per heavy atom. The summed E-state index contributed by atoms with van der Waals surface area (Å²) in [6.07, 6.45) is 3.44. The lowest BCUT2D eigenvalue weighted by atomic mass is 10.0. The molecule has 7 heteroatoms. The maximum absolute atomic E-state index is 11.6. The van der Waals surface area contributed by atoms with Crippen molar-refractivity contribution < 1.29 is 14.3 Å². The summed E-state index contributed by atoms with van der Waals surface area (Å²) in [6.45, 7) is 3.04. The minimum atomic E-state index is -0.502. The van der Waals surface area contributed by atoms with Crippen LogP contribution in [0.15, 0.2) is 18.5 Å². The molecule has 2 saturated heterocycles. The molecule has 20 heavy (non-hydrogen) atoms. The molecule has 2 fully saturated rings. The number of hydrogen-bond acceptors (Lipinski definition) is 6. The van der Waals surface area contributed by atoms with Crippen LogP contribution in [0.3, 0.4) is 0 Å². The highest BCUT2D eigenvalue weighted by atomic mass is 16.6. The number of carbonyl (C=O) groups is 1. The van der Waals surface area contributed by atoms with Crippen LogP contribution in [-0.4, -0.2) is 72.9 Å². The molecule has 3 heterocycles. The maximum atomic E-state index is 11.6. The van der Waals surface area contributed by atoms with Crippen LogP contribution in [0.4, 0.5) is 5.95 Å². The summed E-state index contributed by atoms with van der Waals surface area (Å²) in [4.78, 5) is 23.9. The molecule has 1 spiro atoms. The van der Waals surface area contributed by atoms with Gasteiger partial charge in [-0.1, -0.05) is 0 Å². The van der Waals surface area contributed by atoms with Gasteiger partial charge in [0.15, 0.2) is 0 Å². The number of ether oxygens (including phenoxy) is 2. The lowest BCUT2D eigenvalue weighted by molar-refractivity contribution is -0.167. The molecule has 2 aliphatic rings. The Bertz CT molecular complexity index is 484. The zero-order chi connectivity index (χ0) is 14.0. The van der Waals surface area contributed by atoms with Gasteiger partial charge in [0, 0.05) is 26.0 Å². The van der Waals surface area contributed by atoms with E-state index in [1.165, 1.54) is 0 Å². The summed E-state index contributed by atoms with van der Waals surface area (Å²) < 4.78 is 11.5. The third-order valence-corrected chi connectivity index (χ3v) is 3.64. The number of carbonyl (C=O) groups excluding carboxylic acids is 1. The van der Waals surface area contributed by atoms with E-state index in [-0.39, 0.29) is 12.5 Å². The van der Waals surface area contributed by atoms with Gasteiger partial charge in [0.25, 0.3) is 0 Å². The van der Waals surface area contributed by atoms with E-state index in [0.29, 0.717) is 38.8 Å². The van der Waals surface area contributed by atoms with Crippen molar-refractivity contribution >= 4 is 11.9 Å². The minimum Gasteiger partial charge on any atom is -0.376 e. The predicted molar refractivity (Wildman–Crippen MR) is 71.4 cm³/mol. The molecule has 7 nitrogen and oxygen atoms in total. The van der Waals surface area contributed by atoms with Gasteiger partial charge in [-0.05, 0) is 6.07 Å². The average molecular weight is 278 g/mol. The number of nitrogens with zero attached hydrogens (tertiary/aromatic N) is 4. The summed E-state index contributed by atoms with van der Waals surface area (Å²) in [6, 6.07) is 1.79. The van der Waals surface area contributed by atoms with Gasteiger partial charge in [0.1, 0.15) is 12.2 Å². The van der Waals surface area contributed by atoms with Gasteiger partial charge < -0.3 is 19.3 Å². The summed E-state index contributed by atoms with van der Waals surface area (Å²) in [5.74, 6) is 0.669. The molecule has 0 saturated carbocycles. The molecule has 0 N–H and O–H groups in total. The van der Waals surface area contributed by atoms with E-state index >= 15 is 0 Å². The first-order valence-electron chi connectivity index (χ1n) is 6.66. The molecule has 0 bridgehead atoms. The lowest BCUT2D eigenvalue weighted by Gasteiger charge is -2.41. The molecule has 0 aliphatic carbocycles. The quantitative estimate of drug-likeness (QED) is 0.692. The van der Waals surface area contributed by atoms with Crippen molar-refractivity contribution in [1.82, 2.24) is 14.9 Å². The first-order valence-corrected chi connectivity index (χ1v) is 6.66. The van der Waals surface area contributed by atoms with Crippen LogP contribution in [0.25, 0.3) is 0 Å². The molecule has 2 aliphatic heterocycles. The van der Waals surface area contributed by atoms with E-state index < -0.39 is 5.60 Å². The second kappa shape index (κ2) is 5.34. The molecular weight excluding hydrogens is 260 g/mol. The van der Waals surface area contributed by atoms with Crippen molar-refractivity contribution in [2.24, 2.45) is 0 Å². The Morgan fingerprint density at radius 2 is 2.10 bits per heavy atom. The normalized spacial score (nSPS) is 27.8. The van der Waals surface area contributed by atoms with Gasteiger partial charge in [-0.2, -0.15) is 0 Å². The van der Waals surface area contributed by atoms with Crippen LogP contribution in [0.5, 0.6) is 0 Å².